The monoisotopic (exact) mass is 425 g/mol. The van der Waals surface area contributed by atoms with Crippen LogP contribution in [0.3, 0.4) is 0 Å². The second-order valence-electron chi connectivity index (χ2n) is 3.97. The number of anilines is 1. The predicted octanol–water partition coefficient (Wildman–Crippen LogP) is 4.80. The highest BCUT2D eigenvalue weighted by Crippen LogP contribution is 2.32. The summed E-state index contributed by atoms with van der Waals surface area (Å²) in [7, 11) is 0. The van der Waals surface area contributed by atoms with Crippen molar-refractivity contribution in [3.63, 3.8) is 0 Å². The van der Waals surface area contributed by atoms with E-state index < -0.39 is 18.5 Å². The molecule has 1 aromatic heterocycles. The molecule has 0 atom stereocenters. The van der Waals surface area contributed by atoms with E-state index in [0.29, 0.717) is 4.67 Å². The lowest BCUT2D eigenvalue weighted by Gasteiger charge is -2.08. The summed E-state index contributed by atoms with van der Waals surface area (Å²) in [5, 5.41) is 3.17. The lowest BCUT2D eigenvalue weighted by Crippen LogP contribution is -2.21. The van der Waals surface area contributed by atoms with E-state index in [2.05, 4.69) is 21.2 Å². The van der Waals surface area contributed by atoms with Crippen molar-refractivity contribution in [2.45, 2.75) is 0 Å². The molecule has 116 valence electrons. The van der Waals surface area contributed by atoms with E-state index in [1.165, 1.54) is 24.3 Å². The molecule has 0 aliphatic rings. The van der Waals surface area contributed by atoms with Gasteiger partial charge in [-0.25, -0.2) is 4.79 Å². The summed E-state index contributed by atoms with van der Waals surface area (Å²) in [5.41, 5.74) is 0.262. The zero-order valence-electron chi connectivity index (χ0n) is 10.7. The Morgan fingerprint density at radius 3 is 2.45 bits per heavy atom. The minimum Gasteiger partial charge on any atom is -0.450 e. The molecule has 1 aromatic carbocycles. The second kappa shape index (κ2) is 7.37. The highest BCUT2D eigenvalue weighted by molar-refractivity contribution is 9.10. The van der Waals surface area contributed by atoms with Crippen LogP contribution in [0.15, 0.2) is 33.4 Å². The average molecular weight is 427 g/mol. The molecule has 0 radical (unpaired) electrons. The van der Waals surface area contributed by atoms with Crippen LogP contribution >= 0.6 is 50.7 Å². The molecule has 22 heavy (non-hydrogen) atoms. The van der Waals surface area contributed by atoms with E-state index in [9.17, 15) is 9.59 Å². The maximum atomic E-state index is 11.7. The normalized spacial score (nSPS) is 10.4. The van der Waals surface area contributed by atoms with Crippen molar-refractivity contribution in [2.24, 2.45) is 0 Å². The van der Waals surface area contributed by atoms with Gasteiger partial charge in [0.2, 0.25) is 5.76 Å². The third-order valence-electron chi connectivity index (χ3n) is 2.39. The maximum Gasteiger partial charge on any atom is 0.374 e. The Bertz CT molecular complexity index is 732. The molecule has 0 aliphatic heterocycles. The fourth-order valence-electron chi connectivity index (χ4n) is 1.43. The number of carbonyl (C=O) groups excluding carboxylic acids is 2. The number of amides is 1. The van der Waals surface area contributed by atoms with Gasteiger partial charge in [-0.3, -0.25) is 4.79 Å². The Morgan fingerprint density at radius 1 is 1.14 bits per heavy atom. The van der Waals surface area contributed by atoms with Crippen LogP contribution in [0.25, 0.3) is 0 Å². The largest absolute Gasteiger partial charge is 0.450 e. The van der Waals surface area contributed by atoms with Crippen molar-refractivity contribution in [1.29, 1.82) is 0 Å². The first-order chi connectivity index (χ1) is 10.4. The number of hydrogen-bond acceptors (Lipinski definition) is 4. The van der Waals surface area contributed by atoms with Crippen LogP contribution in [0.5, 0.6) is 0 Å². The number of esters is 1. The molecule has 0 bridgehead atoms. The van der Waals surface area contributed by atoms with Gasteiger partial charge < -0.3 is 14.5 Å². The fourth-order valence-corrected chi connectivity index (χ4v) is 2.33. The van der Waals surface area contributed by atoms with Gasteiger partial charge in [-0.05, 0) is 40.2 Å². The minimum absolute atomic E-state index is 0.0211. The lowest BCUT2D eigenvalue weighted by molar-refractivity contribution is -0.119. The van der Waals surface area contributed by atoms with Crippen LogP contribution in [0.4, 0.5) is 5.69 Å². The molecule has 5 nitrogen and oxygen atoms in total. The van der Waals surface area contributed by atoms with Crippen LogP contribution in [-0.2, 0) is 9.53 Å². The highest BCUT2D eigenvalue weighted by Gasteiger charge is 2.15. The Balaban J connectivity index is 1.93. The molecule has 2 aromatic rings. The number of halogens is 4. The van der Waals surface area contributed by atoms with Crippen molar-refractivity contribution in [1.82, 2.24) is 0 Å². The molecule has 0 fully saturated rings. The standard InChI is InChI=1S/C13H7BrCl3NO4/c14-11-2-1-10(22-11)13(20)21-5-12(19)18-9-4-7(16)6(15)3-8(9)17/h1-4H,5H2,(H,18,19). The van der Waals surface area contributed by atoms with Crippen molar-refractivity contribution >= 4 is 68.3 Å². The number of carbonyl (C=O) groups is 2. The summed E-state index contributed by atoms with van der Waals surface area (Å²) in [5.74, 6) is -1.37. The van der Waals surface area contributed by atoms with Crippen LogP contribution in [-0.4, -0.2) is 18.5 Å². The van der Waals surface area contributed by atoms with Gasteiger partial charge >= 0.3 is 5.97 Å². The van der Waals surface area contributed by atoms with E-state index in [4.69, 9.17) is 44.0 Å². The molecule has 0 saturated heterocycles. The van der Waals surface area contributed by atoms with Crippen molar-refractivity contribution in [3.05, 3.63) is 49.8 Å². The van der Waals surface area contributed by atoms with Gasteiger partial charge in [0.1, 0.15) is 0 Å². The Labute approximate surface area is 148 Å². The summed E-state index contributed by atoms with van der Waals surface area (Å²) < 4.78 is 10.2. The molecule has 2 rings (SSSR count). The van der Waals surface area contributed by atoms with Crippen molar-refractivity contribution in [2.75, 3.05) is 11.9 Å². The van der Waals surface area contributed by atoms with Crippen LogP contribution < -0.4 is 5.32 Å². The number of ether oxygens (including phenoxy) is 1. The predicted molar refractivity (Wildman–Crippen MR) is 86.8 cm³/mol. The molecule has 1 amide bonds. The average Bonchev–Trinajstić information content (AvgIpc) is 2.89. The molecule has 1 heterocycles. The van der Waals surface area contributed by atoms with E-state index >= 15 is 0 Å². The summed E-state index contributed by atoms with van der Waals surface area (Å²) in [4.78, 5) is 23.3. The molecule has 0 unspecified atom stereocenters. The molecule has 0 spiro atoms. The third-order valence-corrected chi connectivity index (χ3v) is 3.85. The van der Waals surface area contributed by atoms with Crippen LogP contribution in [0.2, 0.25) is 15.1 Å². The SMILES string of the molecule is O=C(COC(=O)c1ccc(Br)o1)Nc1cc(Cl)c(Cl)cc1Cl. The van der Waals surface area contributed by atoms with Crippen molar-refractivity contribution in [3.8, 4) is 0 Å². The van der Waals surface area contributed by atoms with Gasteiger partial charge in [0.25, 0.3) is 5.91 Å². The minimum atomic E-state index is -0.763. The van der Waals surface area contributed by atoms with E-state index in [1.807, 2.05) is 0 Å². The molecular weight excluding hydrogens is 420 g/mol. The number of benzene rings is 1. The van der Waals surface area contributed by atoms with Crippen LogP contribution in [0.1, 0.15) is 10.6 Å². The van der Waals surface area contributed by atoms with Crippen LogP contribution in [0, 0.1) is 0 Å². The zero-order chi connectivity index (χ0) is 16.3. The van der Waals surface area contributed by atoms with E-state index in [-0.39, 0.29) is 26.5 Å². The molecule has 1 N–H and O–H groups in total. The van der Waals surface area contributed by atoms with E-state index in [0.717, 1.165) is 0 Å². The third kappa shape index (κ3) is 4.39. The Hall–Kier alpha value is -1.21. The topological polar surface area (TPSA) is 68.5 Å². The molecule has 9 heteroatoms. The summed E-state index contributed by atoms with van der Waals surface area (Å²) in [6.45, 7) is -0.506. The van der Waals surface area contributed by atoms with Gasteiger partial charge in [-0.1, -0.05) is 34.8 Å². The first-order valence-electron chi connectivity index (χ1n) is 5.73. The quantitative estimate of drug-likeness (QED) is 0.562. The smallest absolute Gasteiger partial charge is 0.374 e. The van der Waals surface area contributed by atoms with Gasteiger partial charge in [-0.15, -0.1) is 0 Å². The maximum absolute atomic E-state index is 11.7. The summed E-state index contributed by atoms with van der Waals surface area (Å²) in [6, 6.07) is 5.75. The lowest BCUT2D eigenvalue weighted by atomic mass is 10.3. The Kier molecular flexibility index (Phi) is 5.74. The molecule has 0 saturated carbocycles. The fraction of sp³-hybridized carbons (Fsp3) is 0.0769. The number of nitrogens with one attached hydrogen (secondary N) is 1. The van der Waals surface area contributed by atoms with Gasteiger partial charge in [0, 0.05) is 0 Å². The summed E-state index contributed by atoms with van der Waals surface area (Å²) >= 11 is 20.6. The number of rotatable bonds is 4. The van der Waals surface area contributed by atoms with E-state index in [1.54, 1.807) is 0 Å². The first-order valence-corrected chi connectivity index (χ1v) is 7.66. The van der Waals surface area contributed by atoms with Crippen molar-refractivity contribution < 1.29 is 18.7 Å². The summed E-state index contributed by atoms with van der Waals surface area (Å²) in [6.07, 6.45) is 0. The second-order valence-corrected chi connectivity index (χ2v) is 5.98. The highest BCUT2D eigenvalue weighted by atomic mass is 79.9. The number of furan rings is 1. The number of hydrogen-bond donors (Lipinski definition) is 1. The zero-order valence-corrected chi connectivity index (χ0v) is 14.5. The van der Waals surface area contributed by atoms with Gasteiger partial charge in [0.05, 0.1) is 20.8 Å². The van der Waals surface area contributed by atoms with Gasteiger partial charge in [0.15, 0.2) is 11.3 Å². The Morgan fingerprint density at radius 2 is 1.82 bits per heavy atom. The molecular formula is C13H7BrCl3NO4. The first kappa shape index (κ1) is 17.1. The molecule has 0 aliphatic carbocycles. The van der Waals surface area contributed by atoms with Gasteiger partial charge in [-0.2, -0.15) is 0 Å².